The molecule has 1 amide bonds. The minimum absolute atomic E-state index is 0.0760. The summed E-state index contributed by atoms with van der Waals surface area (Å²) in [4.78, 5) is 12.5. The van der Waals surface area contributed by atoms with E-state index < -0.39 is 0 Å². The molecular formula is C19H20N4O4S. The largest absolute Gasteiger partial charge is 0.461 e. The number of thioether (sulfide) groups is 1. The fourth-order valence-corrected chi connectivity index (χ4v) is 3.78. The Morgan fingerprint density at radius 3 is 2.93 bits per heavy atom. The van der Waals surface area contributed by atoms with Crippen LogP contribution in [0.25, 0.3) is 11.6 Å². The summed E-state index contributed by atoms with van der Waals surface area (Å²) in [5.74, 6) is 2.66. The van der Waals surface area contributed by atoms with E-state index in [0.29, 0.717) is 35.6 Å². The third-order valence-electron chi connectivity index (χ3n) is 4.33. The molecule has 0 radical (unpaired) electrons. The zero-order chi connectivity index (χ0) is 19.5. The number of ether oxygens (including phenoxy) is 2. The van der Waals surface area contributed by atoms with Crippen LogP contribution >= 0.6 is 11.8 Å². The van der Waals surface area contributed by atoms with Crippen LogP contribution in [0.1, 0.15) is 19.4 Å². The topological polar surface area (TPSA) is 91.4 Å². The van der Waals surface area contributed by atoms with Crippen molar-refractivity contribution in [3.05, 3.63) is 42.2 Å². The zero-order valence-corrected chi connectivity index (χ0v) is 16.4. The number of benzene rings is 1. The average molecular weight is 400 g/mol. The van der Waals surface area contributed by atoms with E-state index >= 15 is 0 Å². The number of nitrogens with one attached hydrogen (secondary N) is 1. The standard InChI is InChI=1S/C19H20N4O4S/c1-3-23-17(15-5-4-8-25-15)21-22-19(23)28-12(2)18(24)20-10-13-6-7-14-16(9-13)27-11-26-14/h4-9,12H,3,10-11H2,1-2H3,(H,20,24). The average Bonchev–Trinajstić information content (AvgIpc) is 3.45. The van der Waals surface area contributed by atoms with E-state index in [9.17, 15) is 4.79 Å². The number of rotatable bonds is 7. The highest BCUT2D eigenvalue weighted by Crippen LogP contribution is 2.32. The first-order valence-corrected chi connectivity index (χ1v) is 9.83. The molecule has 1 N–H and O–H groups in total. The van der Waals surface area contributed by atoms with Crippen molar-refractivity contribution in [2.75, 3.05) is 6.79 Å². The number of amides is 1. The van der Waals surface area contributed by atoms with E-state index in [4.69, 9.17) is 13.9 Å². The number of hydrogen-bond acceptors (Lipinski definition) is 7. The summed E-state index contributed by atoms with van der Waals surface area (Å²) in [6.07, 6.45) is 1.60. The maximum Gasteiger partial charge on any atom is 0.233 e. The summed E-state index contributed by atoms with van der Waals surface area (Å²) in [5, 5.41) is 11.7. The molecule has 28 heavy (non-hydrogen) atoms. The maximum atomic E-state index is 12.5. The van der Waals surface area contributed by atoms with Gasteiger partial charge in [0.15, 0.2) is 28.2 Å². The number of furan rings is 1. The first-order chi connectivity index (χ1) is 13.7. The van der Waals surface area contributed by atoms with E-state index in [1.54, 1.807) is 6.26 Å². The van der Waals surface area contributed by atoms with Crippen LogP contribution in [0.5, 0.6) is 11.5 Å². The Morgan fingerprint density at radius 1 is 1.29 bits per heavy atom. The summed E-state index contributed by atoms with van der Waals surface area (Å²) in [6, 6.07) is 9.29. The predicted octanol–water partition coefficient (Wildman–Crippen LogP) is 3.08. The van der Waals surface area contributed by atoms with E-state index in [1.165, 1.54) is 11.8 Å². The van der Waals surface area contributed by atoms with Crippen molar-refractivity contribution in [2.24, 2.45) is 0 Å². The van der Waals surface area contributed by atoms with Crippen LogP contribution in [-0.4, -0.2) is 32.7 Å². The smallest absolute Gasteiger partial charge is 0.233 e. The van der Waals surface area contributed by atoms with Crippen LogP contribution in [0.3, 0.4) is 0 Å². The molecule has 1 aliphatic rings. The summed E-state index contributed by atoms with van der Waals surface area (Å²) >= 11 is 1.37. The number of aromatic nitrogens is 3. The highest BCUT2D eigenvalue weighted by Gasteiger charge is 2.21. The van der Waals surface area contributed by atoms with Gasteiger partial charge in [-0.3, -0.25) is 9.36 Å². The molecule has 1 unspecified atom stereocenters. The van der Waals surface area contributed by atoms with Crippen LogP contribution in [0.2, 0.25) is 0 Å². The maximum absolute atomic E-state index is 12.5. The van der Waals surface area contributed by atoms with Gasteiger partial charge in [-0.1, -0.05) is 17.8 Å². The van der Waals surface area contributed by atoms with Crippen molar-refractivity contribution in [1.29, 1.82) is 0 Å². The van der Waals surface area contributed by atoms with Crippen LogP contribution in [-0.2, 0) is 17.9 Å². The van der Waals surface area contributed by atoms with Gasteiger partial charge in [-0.2, -0.15) is 0 Å². The Kier molecular flexibility index (Phi) is 5.25. The normalized spacial score (nSPS) is 13.5. The molecule has 2 aromatic heterocycles. The summed E-state index contributed by atoms with van der Waals surface area (Å²) < 4.78 is 18.0. The fraction of sp³-hybridized carbons (Fsp3) is 0.316. The van der Waals surface area contributed by atoms with Crippen LogP contribution in [0.4, 0.5) is 0 Å². The molecule has 0 spiro atoms. The second kappa shape index (κ2) is 7.97. The molecule has 0 saturated heterocycles. The van der Waals surface area contributed by atoms with Crippen molar-refractivity contribution >= 4 is 17.7 Å². The first-order valence-electron chi connectivity index (χ1n) is 8.95. The minimum Gasteiger partial charge on any atom is -0.461 e. The molecule has 4 rings (SSSR count). The quantitative estimate of drug-likeness (QED) is 0.609. The van der Waals surface area contributed by atoms with Gasteiger partial charge in [-0.05, 0) is 43.7 Å². The van der Waals surface area contributed by atoms with E-state index in [-0.39, 0.29) is 18.0 Å². The summed E-state index contributed by atoms with van der Waals surface area (Å²) in [7, 11) is 0. The number of hydrogen-bond donors (Lipinski definition) is 1. The lowest BCUT2D eigenvalue weighted by atomic mass is 10.2. The van der Waals surface area contributed by atoms with Crippen LogP contribution in [0, 0.1) is 0 Å². The van der Waals surface area contributed by atoms with Crippen molar-refractivity contribution < 1.29 is 18.7 Å². The molecule has 0 saturated carbocycles. The van der Waals surface area contributed by atoms with Gasteiger partial charge in [0.1, 0.15) is 0 Å². The van der Waals surface area contributed by atoms with Gasteiger partial charge in [0.05, 0.1) is 11.5 Å². The Bertz CT molecular complexity index is 970. The molecule has 1 aliphatic heterocycles. The van der Waals surface area contributed by atoms with Gasteiger partial charge in [0, 0.05) is 13.1 Å². The number of nitrogens with zero attached hydrogens (tertiary/aromatic N) is 3. The molecule has 3 aromatic rings. The lowest BCUT2D eigenvalue weighted by molar-refractivity contribution is -0.120. The van der Waals surface area contributed by atoms with Gasteiger partial charge >= 0.3 is 0 Å². The van der Waals surface area contributed by atoms with E-state index in [0.717, 1.165) is 11.3 Å². The third-order valence-corrected chi connectivity index (χ3v) is 5.41. The van der Waals surface area contributed by atoms with Crippen molar-refractivity contribution in [1.82, 2.24) is 20.1 Å². The zero-order valence-electron chi connectivity index (χ0n) is 15.5. The first kappa shape index (κ1) is 18.4. The van der Waals surface area contributed by atoms with Gasteiger partial charge in [-0.15, -0.1) is 10.2 Å². The lowest BCUT2D eigenvalue weighted by Crippen LogP contribution is -2.30. The Labute approximate surface area is 166 Å². The number of carbonyl (C=O) groups excluding carboxylic acids is 1. The molecular weight excluding hydrogens is 380 g/mol. The third kappa shape index (κ3) is 3.70. The van der Waals surface area contributed by atoms with Crippen molar-refractivity contribution in [2.45, 2.75) is 37.3 Å². The SMILES string of the molecule is CCn1c(SC(C)C(=O)NCc2ccc3c(c2)OCO3)nnc1-c1ccco1. The van der Waals surface area contributed by atoms with Gasteiger partial charge in [0.25, 0.3) is 0 Å². The Hall–Kier alpha value is -2.94. The van der Waals surface area contributed by atoms with Crippen molar-refractivity contribution in [3.63, 3.8) is 0 Å². The van der Waals surface area contributed by atoms with E-state index in [2.05, 4.69) is 15.5 Å². The fourth-order valence-electron chi connectivity index (χ4n) is 2.84. The Balaban J connectivity index is 1.38. The second-order valence-electron chi connectivity index (χ2n) is 6.19. The van der Waals surface area contributed by atoms with Gasteiger partial charge in [-0.25, -0.2) is 0 Å². The monoisotopic (exact) mass is 400 g/mol. The summed E-state index contributed by atoms with van der Waals surface area (Å²) in [6.45, 7) is 5.18. The molecule has 3 heterocycles. The molecule has 146 valence electrons. The van der Waals surface area contributed by atoms with Gasteiger partial charge < -0.3 is 19.2 Å². The Morgan fingerprint density at radius 2 is 2.14 bits per heavy atom. The number of carbonyl (C=O) groups is 1. The van der Waals surface area contributed by atoms with Crippen molar-refractivity contribution in [3.8, 4) is 23.1 Å². The molecule has 0 fully saturated rings. The second-order valence-corrected chi connectivity index (χ2v) is 7.50. The van der Waals surface area contributed by atoms with Crippen LogP contribution < -0.4 is 14.8 Å². The molecule has 8 nitrogen and oxygen atoms in total. The highest BCUT2D eigenvalue weighted by atomic mass is 32.2. The molecule has 9 heteroatoms. The van der Waals surface area contributed by atoms with Gasteiger partial charge in [0.2, 0.25) is 12.7 Å². The summed E-state index contributed by atoms with van der Waals surface area (Å²) in [5.41, 5.74) is 0.951. The van der Waals surface area contributed by atoms with E-state index in [1.807, 2.05) is 48.7 Å². The molecule has 0 bridgehead atoms. The highest BCUT2D eigenvalue weighted by molar-refractivity contribution is 8.00. The minimum atomic E-state index is -0.326. The molecule has 1 aromatic carbocycles. The lowest BCUT2D eigenvalue weighted by Gasteiger charge is -2.12. The predicted molar refractivity (Wildman–Crippen MR) is 103 cm³/mol. The molecule has 1 atom stereocenters. The molecule has 0 aliphatic carbocycles. The number of fused-ring (bicyclic) bond motifs is 1. The van der Waals surface area contributed by atoms with Crippen LogP contribution in [0.15, 0.2) is 46.2 Å².